The van der Waals surface area contributed by atoms with Crippen molar-refractivity contribution in [2.45, 2.75) is 12.6 Å². The van der Waals surface area contributed by atoms with Crippen molar-refractivity contribution in [1.82, 2.24) is 10.2 Å². The van der Waals surface area contributed by atoms with Gasteiger partial charge in [-0.05, 0) is 11.6 Å². The Morgan fingerprint density at radius 2 is 1.85 bits per heavy atom. The summed E-state index contributed by atoms with van der Waals surface area (Å²) >= 11 is 6.43. The van der Waals surface area contributed by atoms with Crippen LogP contribution in [0.5, 0.6) is 0 Å². The van der Waals surface area contributed by atoms with Crippen molar-refractivity contribution >= 4 is 17.3 Å². The summed E-state index contributed by atoms with van der Waals surface area (Å²) in [6.45, 7) is 4.15. The molecule has 7 heteroatoms. The number of rotatable bonds is 7. The minimum Gasteiger partial charge on any atom is -0.379 e. The number of hydrogen-bond acceptors (Lipinski definition) is 5. The van der Waals surface area contributed by atoms with Gasteiger partial charge in [0.1, 0.15) is 0 Å². The number of benzene rings is 2. The molecule has 1 fully saturated rings. The maximum atomic E-state index is 11.2. The highest BCUT2D eigenvalue weighted by atomic mass is 35.5. The van der Waals surface area contributed by atoms with Crippen LogP contribution in [0.25, 0.3) is 0 Å². The molecule has 6 nitrogen and oxygen atoms in total. The number of ether oxygens (including phenoxy) is 1. The fourth-order valence-corrected chi connectivity index (χ4v) is 3.51. The molecule has 1 aliphatic heterocycles. The Labute approximate surface area is 157 Å². The Hall–Kier alpha value is -1.99. The van der Waals surface area contributed by atoms with Gasteiger partial charge < -0.3 is 10.1 Å². The van der Waals surface area contributed by atoms with E-state index in [0.29, 0.717) is 31.9 Å². The van der Waals surface area contributed by atoms with E-state index in [1.165, 1.54) is 6.07 Å². The van der Waals surface area contributed by atoms with E-state index in [2.05, 4.69) is 10.2 Å². The maximum absolute atomic E-state index is 11.2. The number of nitro benzene ring substituents is 1. The Balaban J connectivity index is 1.72. The van der Waals surface area contributed by atoms with Crippen molar-refractivity contribution in [2.75, 3.05) is 32.8 Å². The Bertz CT molecular complexity index is 750. The molecule has 1 aliphatic rings. The van der Waals surface area contributed by atoms with Crippen LogP contribution in [0.1, 0.15) is 17.2 Å². The topological polar surface area (TPSA) is 67.6 Å². The average Bonchev–Trinajstić information content (AvgIpc) is 2.67. The number of nitrogens with zero attached hydrogens (tertiary/aromatic N) is 2. The minimum atomic E-state index is -0.343. The number of nitro groups is 1. The molecule has 0 amide bonds. The molecular weight excluding hydrogens is 354 g/mol. The van der Waals surface area contributed by atoms with Crippen LogP contribution in [0.15, 0.2) is 48.5 Å². The zero-order chi connectivity index (χ0) is 18.4. The molecule has 2 aromatic rings. The zero-order valence-corrected chi connectivity index (χ0v) is 15.2. The first-order valence-electron chi connectivity index (χ1n) is 8.66. The molecule has 138 valence electrons. The highest BCUT2D eigenvalue weighted by molar-refractivity contribution is 6.31. The van der Waals surface area contributed by atoms with Crippen LogP contribution >= 0.6 is 11.6 Å². The van der Waals surface area contributed by atoms with Crippen molar-refractivity contribution < 1.29 is 9.66 Å². The van der Waals surface area contributed by atoms with Gasteiger partial charge in [0.05, 0.1) is 18.1 Å². The Morgan fingerprint density at radius 1 is 1.15 bits per heavy atom. The lowest BCUT2D eigenvalue weighted by Crippen LogP contribution is -2.42. The quantitative estimate of drug-likeness (QED) is 0.593. The van der Waals surface area contributed by atoms with Gasteiger partial charge in [-0.3, -0.25) is 15.0 Å². The van der Waals surface area contributed by atoms with Crippen molar-refractivity contribution in [3.05, 3.63) is 74.8 Å². The molecule has 0 aromatic heterocycles. The molecule has 1 saturated heterocycles. The minimum absolute atomic E-state index is 0.0929. The van der Waals surface area contributed by atoms with Gasteiger partial charge in [-0.2, -0.15) is 0 Å². The van der Waals surface area contributed by atoms with Crippen LogP contribution in [-0.2, 0) is 11.3 Å². The van der Waals surface area contributed by atoms with E-state index in [0.717, 1.165) is 23.7 Å². The third-order valence-corrected chi connectivity index (χ3v) is 4.94. The fourth-order valence-electron chi connectivity index (χ4n) is 3.25. The molecule has 2 aromatic carbocycles. The van der Waals surface area contributed by atoms with E-state index in [1.54, 1.807) is 12.1 Å². The molecule has 1 unspecified atom stereocenters. The van der Waals surface area contributed by atoms with Crippen molar-refractivity contribution in [1.29, 1.82) is 0 Å². The predicted molar refractivity (Wildman–Crippen MR) is 101 cm³/mol. The van der Waals surface area contributed by atoms with Gasteiger partial charge in [-0.15, -0.1) is 0 Å². The van der Waals surface area contributed by atoms with Gasteiger partial charge in [0, 0.05) is 48.9 Å². The number of nitrogens with one attached hydrogen (secondary N) is 1. The summed E-state index contributed by atoms with van der Waals surface area (Å²) in [6, 6.07) is 14.7. The molecule has 0 spiro atoms. The lowest BCUT2D eigenvalue weighted by Gasteiger charge is -2.35. The number of para-hydroxylation sites is 1. The third-order valence-electron chi connectivity index (χ3n) is 4.59. The van der Waals surface area contributed by atoms with Gasteiger partial charge in [0.25, 0.3) is 5.69 Å². The second-order valence-electron chi connectivity index (χ2n) is 6.20. The Kier molecular flexibility index (Phi) is 6.57. The normalized spacial score (nSPS) is 16.3. The molecule has 0 bridgehead atoms. The van der Waals surface area contributed by atoms with Gasteiger partial charge in [-0.1, -0.05) is 48.0 Å². The first-order chi connectivity index (χ1) is 12.7. The van der Waals surface area contributed by atoms with E-state index >= 15 is 0 Å². The van der Waals surface area contributed by atoms with Crippen molar-refractivity contribution in [2.24, 2.45) is 0 Å². The summed E-state index contributed by atoms with van der Waals surface area (Å²) in [4.78, 5) is 13.2. The van der Waals surface area contributed by atoms with Crippen LogP contribution in [0, 0.1) is 10.1 Å². The van der Waals surface area contributed by atoms with Crippen LogP contribution < -0.4 is 5.32 Å². The van der Waals surface area contributed by atoms with E-state index in [1.807, 2.05) is 30.3 Å². The maximum Gasteiger partial charge on any atom is 0.273 e. The number of morpholine rings is 1. The summed E-state index contributed by atoms with van der Waals surface area (Å²) in [5.41, 5.74) is 1.88. The molecule has 0 radical (unpaired) electrons. The lowest BCUT2D eigenvalue weighted by atomic mass is 10.0. The first kappa shape index (κ1) is 18.8. The van der Waals surface area contributed by atoms with Crippen LogP contribution in [-0.4, -0.2) is 42.7 Å². The summed E-state index contributed by atoms with van der Waals surface area (Å²) < 4.78 is 5.46. The molecule has 1 N–H and O–H groups in total. The predicted octanol–water partition coefficient (Wildman–Crippen LogP) is 3.41. The third kappa shape index (κ3) is 4.59. The molecule has 1 heterocycles. The summed E-state index contributed by atoms with van der Waals surface area (Å²) in [5, 5.41) is 15.3. The van der Waals surface area contributed by atoms with E-state index in [9.17, 15) is 10.1 Å². The van der Waals surface area contributed by atoms with Gasteiger partial charge in [-0.25, -0.2) is 0 Å². The van der Waals surface area contributed by atoms with Crippen molar-refractivity contribution in [3.63, 3.8) is 0 Å². The first-order valence-corrected chi connectivity index (χ1v) is 9.04. The monoisotopic (exact) mass is 375 g/mol. The van der Waals surface area contributed by atoms with Gasteiger partial charge >= 0.3 is 0 Å². The SMILES string of the molecule is O=[N+]([O-])c1ccccc1CNCC(c1ccccc1Cl)N1CCOCC1. The second-order valence-corrected chi connectivity index (χ2v) is 6.61. The second kappa shape index (κ2) is 9.09. The van der Waals surface area contributed by atoms with E-state index in [-0.39, 0.29) is 16.7 Å². The van der Waals surface area contributed by atoms with Crippen LogP contribution in [0.4, 0.5) is 5.69 Å². The summed E-state index contributed by atoms with van der Waals surface area (Å²) in [6.07, 6.45) is 0. The molecule has 26 heavy (non-hydrogen) atoms. The average molecular weight is 376 g/mol. The van der Waals surface area contributed by atoms with Gasteiger partial charge in [0.2, 0.25) is 0 Å². The zero-order valence-electron chi connectivity index (χ0n) is 14.4. The molecular formula is C19H22ClN3O3. The molecule has 3 rings (SSSR count). The molecule has 0 saturated carbocycles. The Morgan fingerprint density at radius 3 is 2.58 bits per heavy atom. The van der Waals surface area contributed by atoms with Crippen LogP contribution in [0.2, 0.25) is 5.02 Å². The highest BCUT2D eigenvalue weighted by Crippen LogP contribution is 2.28. The largest absolute Gasteiger partial charge is 0.379 e. The summed E-state index contributed by atoms with van der Waals surface area (Å²) in [7, 11) is 0. The van der Waals surface area contributed by atoms with Gasteiger partial charge in [0.15, 0.2) is 0 Å². The fraction of sp³-hybridized carbons (Fsp3) is 0.368. The number of halogens is 1. The highest BCUT2D eigenvalue weighted by Gasteiger charge is 2.24. The van der Waals surface area contributed by atoms with Crippen molar-refractivity contribution in [3.8, 4) is 0 Å². The number of hydrogen-bond donors (Lipinski definition) is 1. The van der Waals surface area contributed by atoms with E-state index in [4.69, 9.17) is 16.3 Å². The molecule has 0 aliphatic carbocycles. The summed E-state index contributed by atoms with van der Waals surface area (Å²) in [5.74, 6) is 0. The smallest absolute Gasteiger partial charge is 0.273 e. The lowest BCUT2D eigenvalue weighted by molar-refractivity contribution is -0.385. The van der Waals surface area contributed by atoms with Crippen LogP contribution in [0.3, 0.4) is 0 Å². The standard InChI is InChI=1S/C19H22ClN3O3/c20-17-7-3-2-6-16(17)19(22-9-11-26-12-10-22)14-21-13-15-5-1-4-8-18(15)23(24)25/h1-8,19,21H,9-14H2. The van der Waals surface area contributed by atoms with E-state index < -0.39 is 0 Å². The molecule has 1 atom stereocenters.